The number of nitrogens with two attached hydrogens (primary N) is 1. The van der Waals surface area contributed by atoms with Crippen LogP contribution < -0.4 is 16.0 Å². The molecule has 3 heterocycles. The number of rotatable bonds is 4. The zero-order chi connectivity index (χ0) is 17.0. The summed E-state index contributed by atoms with van der Waals surface area (Å²) in [7, 11) is 0. The van der Waals surface area contributed by atoms with Gasteiger partial charge in [0.1, 0.15) is 5.82 Å². The molecule has 148 valence electrons. The molecule has 0 unspecified atom stereocenters. The Morgan fingerprint density at radius 3 is 2.54 bits per heavy atom. The van der Waals surface area contributed by atoms with Gasteiger partial charge in [-0.2, -0.15) is 0 Å². The highest BCUT2D eigenvalue weighted by molar-refractivity contribution is 5.86. The van der Waals surface area contributed by atoms with Gasteiger partial charge in [-0.05, 0) is 43.2 Å². The molecule has 0 bridgehead atoms. The highest BCUT2D eigenvalue weighted by atomic mass is 35.5. The van der Waals surface area contributed by atoms with E-state index in [0.717, 1.165) is 30.4 Å². The van der Waals surface area contributed by atoms with E-state index in [-0.39, 0.29) is 30.7 Å². The van der Waals surface area contributed by atoms with E-state index in [1.807, 2.05) is 18.3 Å². The number of nitrogens with one attached hydrogen (secondary N) is 1. The Bertz CT molecular complexity index is 557. The first-order valence-electron chi connectivity index (χ1n) is 8.92. The molecule has 0 spiro atoms. The number of carbonyl (C=O) groups is 1. The molecule has 2 fully saturated rings. The Kier molecular flexibility index (Phi) is 9.10. The van der Waals surface area contributed by atoms with Crippen LogP contribution in [-0.2, 0) is 16.1 Å². The summed E-state index contributed by atoms with van der Waals surface area (Å²) in [5, 5.41) is 2.94. The summed E-state index contributed by atoms with van der Waals surface area (Å²) in [6, 6.07) is 4.08. The van der Waals surface area contributed by atoms with Crippen LogP contribution in [0, 0.1) is 5.92 Å². The zero-order valence-electron chi connectivity index (χ0n) is 15.3. The monoisotopic (exact) mass is 404 g/mol. The quantitative estimate of drug-likeness (QED) is 0.804. The van der Waals surface area contributed by atoms with Gasteiger partial charge in [0, 0.05) is 39.0 Å². The summed E-state index contributed by atoms with van der Waals surface area (Å²) in [5.74, 6) is 1.74. The predicted molar refractivity (Wildman–Crippen MR) is 108 cm³/mol. The number of hydrogen-bond donors (Lipinski definition) is 2. The molecule has 6 nitrogen and oxygen atoms in total. The van der Waals surface area contributed by atoms with E-state index in [9.17, 15) is 4.79 Å². The van der Waals surface area contributed by atoms with Crippen LogP contribution in [0.15, 0.2) is 18.3 Å². The van der Waals surface area contributed by atoms with Crippen LogP contribution in [0.25, 0.3) is 0 Å². The van der Waals surface area contributed by atoms with E-state index in [4.69, 9.17) is 10.5 Å². The predicted octanol–water partition coefficient (Wildman–Crippen LogP) is 2.29. The molecule has 1 amide bonds. The van der Waals surface area contributed by atoms with Gasteiger partial charge in [-0.15, -0.1) is 24.8 Å². The Hall–Kier alpha value is -1.08. The van der Waals surface area contributed by atoms with E-state index in [0.29, 0.717) is 32.6 Å². The van der Waals surface area contributed by atoms with Crippen molar-refractivity contribution in [3.63, 3.8) is 0 Å². The van der Waals surface area contributed by atoms with Crippen molar-refractivity contribution in [2.45, 2.75) is 44.7 Å². The molecule has 0 aliphatic carbocycles. The average Bonchev–Trinajstić information content (AvgIpc) is 2.61. The summed E-state index contributed by atoms with van der Waals surface area (Å²) in [4.78, 5) is 19.2. The number of halogens is 2. The number of nitrogens with zero attached hydrogens (tertiary/aromatic N) is 2. The summed E-state index contributed by atoms with van der Waals surface area (Å²) in [5.41, 5.74) is 6.38. The summed E-state index contributed by atoms with van der Waals surface area (Å²) in [6.07, 6.45) is 5.44. The highest BCUT2D eigenvalue weighted by Crippen LogP contribution is 2.21. The summed E-state index contributed by atoms with van der Waals surface area (Å²) < 4.78 is 5.28. The minimum atomic E-state index is -0.796. The molecule has 8 heteroatoms. The number of piperidine rings is 1. The Labute approximate surface area is 168 Å². The van der Waals surface area contributed by atoms with E-state index in [2.05, 4.69) is 22.1 Å². The standard InChI is InChI=1S/C18H28N4O2.2ClH/c1-14-4-8-22(9-5-14)16-3-2-15(12-20-16)13-21-17(23)18(19)6-10-24-11-7-18;;/h2-3,12,14H,4-11,13,19H2,1H3,(H,21,23);2*1H. The van der Waals surface area contributed by atoms with Crippen LogP contribution in [-0.4, -0.2) is 42.7 Å². The van der Waals surface area contributed by atoms with Crippen molar-refractivity contribution >= 4 is 36.5 Å². The number of hydrogen-bond acceptors (Lipinski definition) is 5. The third-order valence-electron chi connectivity index (χ3n) is 5.21. The first kappa shape index (κ1) is 23.0. The van der Waals surface area contributed by atoms with Crippen molar-refractivity contribution in [1.29, 1.82) is 0 Å². The number of amides is 1. The second-order valence-electron chi connectivity index (χ2n) is 7.15. The summed E-state index contributed by atoms with van der Waals surface area (Å²) in [6.45, 7) is 6.01. The van der Waals surface area contributed by atoms with E-state index in [1.54, 1.807) is 0 Å². The minimum absolute atomic E-state index is 0. The van der Waals surface area contributed by atoms with Crippen LogP contribution in [0.5, 0.6) is 0 Å². The Morgan fingerprint density at radius 2 is 1.96 bits per heavy atom. The van der Waals surface area contributed by atoms with Crippen LogP contribution >= 0.6 is 24.8 Å². The lowest BCUT2D eigenvalue weighted by Gasteiger charge is -2.32. The van der Waals surface area contributed by atoms with Crippen molar-refractivity contribution in [3.05, 3.63) is 23.9 Å². The maximum absolute atomic E-state index is 12.3. The lowest BCUT2D eigenvalue weighted by Crippen LogP contribution is -2.56. The first-order chi connectivity index (χ1) is 11.6. The number of ether oxygens (including phenoxy) is 1. The molecular formula is C18H30Cl2N4O2. The van der Waals surface area contributed by atoms with Crippen LogP contribution in [0.2, 0.25) is 0 Å². The molecular weight excluding hydrogens is 375 g/mol. The summed E-state index contributed by atoms with van der Waals surface area (Å²) >= 11 is 0. The van der Waals surface area contributed by atoms with E-state index < -0.39 is 5.54 Å². The van der Waals surface area contributed by atoms with Gasteiger partial charge in [0.2, 0.25) is 5.91 Å². The first-order valence-corrected chi connectivity index (χ1v) is 8.92. The number of aromatic nitrogens is 1. The Balaban J connectivity index is 0.00000169. The van der Waals surface area contributed by atoms with Gasteiger partial charge in [-0.1, -0.05) is 13.0 Å². The van der Waals surface area contributed by atoms with Gasteiger partial charge in [0.05, 0.1) is 5.54 Å². The normalized spacial score (nSPS) is 19.8. The Morgan fingerprint density at radius 1 is 1.31 bits per heavy atom. The lowest BCUT2D eigenvalue weighted by molar-refractivity contribution is -0.129. The second kappa shape index (κ2) is 10.3. The van der Waals surface area contributed by atoms with Crippen molar-refractivity contribution in [2.75, 3.05) is 31.2 Å². The largest absolute Gasteiger partial charge is 0.381 e. The highest BCUT2D eigenvalue weighted by Gasteiger charge is 2.35. The smallest absolute Gasteiger partial charge is 0.240 e. The molecule has 2 aliphatic rings. The third-order valence-corrected chi connectivity index (χ3v) is 5.21. The van der Waals surface area contributed by atoms with Crippen LogP contribution in [0.1, 0.15) is 38.2 Å². The molecule has 0 atom stereocenters. The molecule has 3 N–H and O–H groups in total. The molecule has 1 aromatic heterocycles. The van der Waals surface area contributed by atoms with Crippen molar-refractivity contribution in [2.24, 2.45) is 11.7 Å². The molecule has 1 aromatic rings. The number of pyridine rings is 1. The minimum Gasteiger partial charge on any atom is -0.381 e. The molecule has 2 saturated heterocycles. The number of carbonyl (C=O) groups excluding carboxylic acids is 1. The molecule has 2 aliphatic heterocycles. The average molecular weight is 405 g/mol. The maximum atomic E-state index is 12.3. The zero-order valence-corrected chi connectivity index (χ0v) is 16.9. The molecule has 0 aromatic carbocycles. The van der Waals surface area contributed by atoms with Gasteiger partial charge >= 0.3 is 0 Å². The fourth-order valence-corrected chi connectivity index (χ4v) is 3.27. The van der Waals surface area contributed by atoms with Gasteiger partial charge < -0.3 is 20.7 Å². The topological polar surface area (TPSA) is 80.5 Å². The van der Waals surface area contributed by atoms with Crippen LogP contribution in [0.3, 0.4) is 0 Å². The third kappa shape index (κ3) is 5.71. The number of anilines is 1. The van der Waals surface area contributed by atoms with Gasteiger partial charge in [0.25, 0.3) is 0 Å². The SMILES string of the molecule is CC1CCN(c2ccc(CNC(=O)C3(N)CCOCC3)cn2)CC1.Cl.Cl. The maximum Gasteiger partial charge on any atom is 0.240 e. The molecule has 0 saturated carbocycles. The fraction of sp³-hybridized carbons (Fsp3) is 0.667. The van der Waals surface area contributed by atoms with Gasteiger partial charge in [-0.25, -0.2) is 4.98 Å². The molecule has 26 heavy (non-hydrogen) atoms. The van der Waals surface area contributed by atoms with Crippen molar-refractivity contribution < 1.29 is 9.53 Å². The van der Waals surface area contributed by atoms with Gasteiger partial charge in [-0.3, -0.25) is 4.79 Å². The van der Waals surface area contributed by atoms with E-state index in [1.165, 1.54) is 12.8 Å². The lowest BCUT2D eigenvalue weighted by atomic mass is 9.90. The fourth-order valence-electron chi connectivity index (χ4n) is 3.27. The van der Waals surface area contributed by atoms with Crippen molar-refractivity contribution in [3.8, 4) is 0 Å². The second-order valence-corrected chi connectivity index (χ2v) is 7.15. The molecule has 0 radical (unpaired) electrons. The van der Waals surface area contributed by atoms with Gasteiger partial charge in [0.15, 0.2) is 0 Å². The van der Waals surface area contributed by atoms with Crippen molar-refractivity contribution in [1.82, 2.24) is 10.3 Å². The van der Waals surface area contributed by atoms with E-state index >= 15 is 0 Å². The van der Waals surface area contributed by atoms with Crippen LogP contribution in [0.4, 0.5) is 5.82 Å². The molecule has 3 rings (SSSR count).